The van der Waals surface area contributed by atoms with Crippen molar-refractivity contribution in [2.24, 2.45) is 0 Å². The Hall–Kier alpha value is -1.45. The van der Waals surface area contributed by atoms with Crippen molar-refractivity contribution in [1.82, 2.24) is 20.0 Å². The second kappa shape index (κ2) is 3.36. The van der Waals surface area contributed by atoms with Crippen LogP contribution in [0, 0.1) is 0 Å². The Bertz CT molecular complexity index is 444. The number of hydrogen-bond donors (Lipinski definition) is 0. The van der Waals surface area contributed by atoms with Gasteiger partial charge >= 0.3 is 0 Å². The monoisotopic (exact) mass is 190 g/mol. The summed E-state index contributed by atoms with van der Waals surface area (Å²) in [6.07, 6.45) is 0. The molecule has 0 N–H and O–H groups in total. The summed E-state index contributed by atoms with van der Waals surface area (Å²) >= 11 is 0. The largest absolute Gasteiger partial charge is 0.232 e. The molecular weight excluding hydrogens is 176 g/mol. The summed E-state index contributed by atoms with van der Waals surface area (Å²) in [7, 11) is 0. The first kappa shape index (κ1) is 9.12. The fourth-order valence-corrected chi connectivity index (χ4v) is 1.40. The number of fused-ring (bicyclic) bond motifs is 1. The van der Waals surface area contributed by atoms with Gasteiger partial charge in [-0.15, -0.1) is 5.10 Å². The highest BCUT2D eigenvalue weighted by Crippen LogP contribution is 2.15. The zero-order valence-electron chi connectivity index (χ0n) is 8.73. The number of nitrogens with zero attached hydrogens (tertiary/aromatic N) is 4. The highest BCUT2D eigenvalue weighted by atomic mass is 15.4. The molecular formula is C10H14N4. The van der Waals surface area contributed by atoms with Gasteiger partial charge in [-0.05, 0) is 25.0 Å². The number of aromatic nitrogens is 4. The Morgan fingerprint density at radius 1 is 1.36 bits per heavy atom. The molecule has 0 spiro atoms. The van der Waals surface area contributed by atoms with E-state index in [1.54, 1.807) is 0 Å². The molecule has 0 aliphatic rings. The Morgan fingerprint density at radius 2 is 2.14 bits per heavy atom. The zero-order valence-corrected chi connectivity index (χ0v) is 8.73. The van der Waals surface area contributed by atoms with Crippen molar-refractivity contribution in [1.29, 1.82) is 0 Å². The van der Waals surface area contributed by atoms with Gasteiger partial charge in [0.25, 0.3) is 0 Å². The van der Waals surface area contributed by atoms with Gasteiger partial charge in [-0.1, -0.05) is 19.1 Å². The third kappa shape index (κ3) is 1.36. The van der Waals surface area contributed by atoms with Crippen LogP contribution in [0.4, 0.5) is 0 Å². The van der Waals surface area contributed by atoms with E-state index in [2.05, 4.69) is 29.1 Å². The van der Waals surface area contributed by atoms with Gasteiger partial charge in [0.05, 0.1) is 0 Å². The quantitative estimate of drug-likeness (QED) is 0.727. The number of pyridine rings is 1. The summed E-state index contributed by atoms with van der Waals surface area (Å²) in [5, 5.41) is 8.06. The van der Waals surface area contributed by atoms with Gasteiger partial charge in [0.1, 0.15) is 5.52 Å². The molecule has 2 heterocycles. The highest BCUT2D eigenvalue weighted by molar-refractivity contribution is 5.69. The molecule has 0 fully saturated rings. The molecule has 0 radical (unpaired) electrons. The minimum Gasteiger partial charge on any atom is -0.232 e. The van der Waals surface area contributed by atoms with Crippen LogP contribution < -0.4 is 0 Å². The normalized spacial score (nSPS) is 11.4. The molecule has 74 valence electrons. The van der Waals surface area contributed by atoms with Crippen molar-refractivity contribution in [3.8, 4) is 0 Å². The second-order valence-electron chi connectivity index (χ2n) is 3.64. The molecule has 0 amide bonds. The molecule has 0 unspecified atom stereocenters. The summed E-state index contributed by atoms with van der Waals surface area (Å²) in [6.45, 7) is 7.12. The molecule has 0 aliphatic heterocycles. The Kier molecular flexibility index (Phi) is 2.19. The molecule has 2 aromatic heterocycles. The lowest BCUT2D eigenvalue weighted by atomic mass is 10.1. The van der Waals surface area contributed by atoms with Crippen LogP contribution in [0.15, 0.2) is 12.1 Å². The second-order valence-corrected chi connectivity index (χ2v) is 3.64. The first-order valence-electron chi connectivity index (χ1n) is 4.92. The summed E-state index contributed by atoms with van der Waals surface area (Å²) in [5.74, 6) is 0.444. The molecule has 4 heteroatoms. The SMILES string of the molecule is CCn1nnc2ccc(C(C)C)nc21. The van der Waals surface area contributed by atoms with Crippen LogP contribution in [0.2, 0.25) is 0 Å². The standard InChI is InChI=1S/C10H14N4/c1-4-14-10-9(12-13-14)6-5-8(11-10)7(2)3/h5-7H,4H2,1-3H3. The van der Waals surface area contributed by atoms with Crippen LogP contribution in [0.5, 0.6) is 0 Å². The van der Waals surface area contributed by atoms with E-state index in [4.69, 9.17) is 0 Å². The van der Waals surface area contributed by atoms with Crippen LogP contribution in [0.25, 0.3) is 11.2 Å². The van der Waals surface area contributed by atoms with Crippen molar-refractivity contribution in [3.05, 3.63) is 17.8 Å². The van der Waals surface area contributed by atoms with E-state index in [9.17, 15) is 0 Å². The molecule has 2 aromatic rings. The third-order valence-electron chi connectivity index (χ3n) is 2.27. The Labute approximate surface area is 83.0 Å². The zero-order chi connectivity index (χ0) is 10.1. The van der Waals surface area contributed by atoms with E-state index in [1.165, 1.54) is 0 Å². The van der Waals surface area contributed by atoms with E-state index >= 15 is 0 Å². The molecule has 0 bridgehead atoms. The predicted molar refractivity (Wildman–Crippen MR) is 55.1 cm³/mol. The lowest BCUT2D eigenvalue weighted by molar-refractivity contribution is 0.639. The molecule has 0 aromatic carbocycles. The molecule has 4 nitrogen and oxygen atoms in total. The summed E-state index contributed by atoms with van der Waals surface area (Å²) < 4.78 is 1.82. The van der Waals surface area contributed by atoms with Gasteiger partial charge in [0.15, 0.2) is 5.65 Å². The van der Waals surface area contributed by atoms with E-state index in [-0.39, 0.29) is 0 Å². The molecule has 14 heavy (non-hydrogen) atoms. The first-order chi connectivity index (χ1) is 6.72. The van der Waals surface area contributed by atoms with Gasteiger partial charge in [-0.2, -0.15) is 0 Å². The summed E-state index contributed by atoms with van der Waals surface area (Å²) in [6, 6.07) is 4.00. The van der Waals surface area contributed by atoms with E-state index in [0.717, 1.165) is 23.4 Å². The Balaban J connectivity index is 2.61. The average molecular weight is 190 g/mol. The maximum absolute atomic E-state index is 4.54. The van der Waals surface area contributed by atoms with Crippen molar-refractivity contribution < 1.29 is 0 Å². The van der Waals surface area contributed by atoms with E-state index in [0.29, 0.717) is 5.92 Å². The van der Waals surface area contributed by atoms with E-state index in [1.807, 2.05) is 23.7 Å². The fourth-order valence-electron chi connectivity index (χ4n) is 1.40. The highest BCUT2D eigenvalue weighted by Gasteiger charge is 2.07. The number of rotatable bonds is 2. The van der Waals surface area contributed by atoms with Crippen LogP contribution in [-0.4, -0.2) is 20.0 Å². The van der Waals surface area contributed by atoms with Crippen molar-refractivity contribution in [3.63, 3.8) is 0 Å². The van der Waals surface area contributed by atoms with Crippen molar-refractivity contribution in [2.45, 2.75) is 33.2 Å². The maximum Gasteiger partial charge on any atom is 0.178 e. The molecule has 0 aliphatic carbocycles. The van der Waals surface area contributed by atoms with Crippen LogP contribution in [0.1, 0.15) is 32.4 Å². The van der Waals surface area contributed by atoms with Gasteiger partial charge < -0.3 is 0 Å². The smallest absolute Gasteiger partial charge is 0.178 e. The van der Waals surface area contributed by atoms with Crippen LogP contribution in [-0.2, 0) is 6.54 Å². The number of aryl methyl sites for hydroxylation is 1. The molecule has 0 saturated carbocycles. The van der Waals surface area contributed by atoms with Crippen molar-refractivity contribution in [2.75, 3.05) is 0 Å². The van der Waals surface area contributed by atoms with Gasteiger partial charge in [0, 0.05) is 12.2 Å². The van der Waals surface area contributed by atoms with Crippen LogP contribution >= 0.6 is 0 Å². The summed E-state index contributed by atoms with van der Waals surface area (Å²) in [4.78, 5) is 4.54. The molecule has 0 saturated heterocycles. The average Bonchev–Trinajstić information content (AvgIpc) is 2.59. The third-order valence-corrected chi connectivity index (χ3v) is 2.27. The molecule has 2 rings (SSSR count). The Morgan fingerprint density at radius 3 is 2.79 bits per heavy atom. The lowest BCUT2D eigenvalue weighted by Gasteiger charge is -2.03. The summed E-state index contributed by atoms with van der Waals surface area (Å²) in [5.41, 5.74) is 2.85. The lowest BCUT2D eigenvalue weighted by Crippen LogP contribution is -2.00. The van der Waals surface area contributed by atoms with E-state index < -0.39 is 0 Å². The van der Waals surface area contributed by atoms with Crippen molar-refractivity contribution >= 4 is 11.2 Å². The predicted octanol–water partition coefficient (Wildman–Crippen LogP) is 1.97. The minimum absolute atomic E-state index is 0.444. The first-order valence-corrected chi connectivity index (χ1v) is 4.92. The minimum atomic E-state index is 0.444. The van der Waals surface area contributed by atoms with Gasteiger partial charge in [0.2, 0.25) is 0 Å². The van der Waals surface area contributed by atoms with Crippen LogP contribution in [0.3, 0.4) is 0 Å². The maximum atomic E-state index is 4.54. The topological polar surface area (TPSA) is 43.6 Å². The van der Waals surface area contributed by atoms with Gasteiger partial charge in [-0.25, -0.2) is 9.67 Å². The molecule has 0 atom stereocenters. The number of hydrogen-bond acceptors (Lipinski definition) is 3. The fraction of sp³-hybridized carbons (Fsp3) is 0.500. The van der Waals surface area contributed by atoms with Gasteiger partial charge in [-0.3, -0.25) is 0 Å².